The fraction of sp³-hybridized carbons (Fsp3) is 0.0870. The van der Waals surface area contributed by atoms with Crippen LogP contribution in [0.15, 0.2) is 66.7 Å². The van der Waals surface area contributed by atoms with Crippen molar-refractivity contribution in [1.82, 2.24) is 0 Å². The lowest BCUT2D eigenvalue weighted by Gasteiger charge is -2.10. The third kappa shape index (κ3) is 5.63. The number of hydrogen-bond acceptors (Lipinski definition) is 9. The van der Waals surface area contributed by atoms with Crippen molar-refractivity contribution in [1.29, 1.82) is 0 Å². The van der Waals surface area contributed by atoms with Crippen molar-refractivity contribution in [3.63, 3.8) is 0 Å². The molecule has 0 radical (unpaired) electrons. The standard InChI is InChI=1S/C23H18N4O8/c1-24-17-11-10-14(12-20(17)27(33)34)22(29)15-6-2-3-7-16(15)23(30)35-13-21(28)25-18-8-4-5-9-19(18)26(31)32/h2-12,24H,13H2,1H3,(H,25,28). The van der Waals surface area contributed by atoms with E-state index in [1.54, 1.807) is 0 Å². The molecule has 0 heterocycles. The van der Waals surface area contributed by atoms with E-state index in [1.165, 1.54) is 67.7 Å². The number of para-hydroxylation sites is 2. The molecule has 0 aliphatic carbocycles. The second-order valence-electron chi connectivity index (χ2n) is 7.01. The van der Waals surface area contributed by atoms with Crippen LogP contribution in [-0.2, 0) is 9.53 Å². The molecular formula is C23H18N4O8. The molecule has 0 bridgehead atoms. The van der Waals surface area contributed by atoms with Crippen molar-refractivity contribution in [3.8, 4) is 0 Å². The molecule has 0 unspecified atom stereocenters. The van der Waals surface area contributed by atoms with Gasteiger partial charge in [-0.25, -0.2) is 4.79 Å². The molecule has 0 aliphatic heterocycles. The van der Waals surface area contributed by atoms with Crippen LogP contribution in [0.5, 0.6) is 0 Å². The van der Waals surface area contributed by atoms with E-state index in [4.69, 9.17) is 4.74 Å². The highest BCUT2D eigenvalue weighted by Gasteiger charge is 2.23. The van der Waals surface area contributed by atoms with E-state index in [0.29, 0.717) is 0 Å². The number of amides is 1. The summed E-state index contributed by atoms with van der Waals surface area (Å²) in [5.74, 6) is -2.48. The molecule has 3 aromatic rings. The lowest BCUT2D eigenvalue weighted by molar-refractivity contribution is -0.384. The van der Waals surface area contributed by atoms with Crippen molar-refractivity contribution < 1.29 is 29.0 Å². The summed E-state index contributed by atoms with van der Waals surface area (Å²) in [4.78, 5) is 58.9. The zero-order valence-corrected chi connectivity index (χ0v) is 18.2. The smallest absolute Gasteiger partial charge is 0.339 e. The highest BCUT2D eigenvalue weighted by atomic mass is 16.6. The molecule has 0 spiro atoms. The first-order chi connectivity index (χ1) is 16.7. The van der Waals surface area contributed by atoms with Gasteiger partial charge in [0, 0.05) is 30.3 Å². The Labute approximate surface area is 197 Å². The molecule has 12 nitrogen and oxygen atoms in total. The molecule has 1 amide bonds. The summed E-state index contributed by atoms with van der Waals surface area (Å²) in [7, 11) is 1.50. The van der Waals surface area contributed by atoms with E-state index in [9.17, 15) is 34.6 Å². The minimum absolute atomic E-state index is 0.0231. The molecule has 12 heteroatoms. The van der Waals surface area contributed by atoms with Gasteiger partial charge in [0.05, 0.1) is 15.4 Å². The summed E-state index contributed by atoms with van der Waals surface area (Å²) >= 11 is 0. The van der Waals surface area contributed by atoms with Gasteiger partial charge in [0.25, 0.3) is 17.3 Å². The Morgan fingerprint density at radius 3 is 2.11 bits per heavy atom. The van der Waals surface area contributed by atoms with Gasteiger partial charge in [0.1, 0.15) is 11.4 Å². The van der Waals surface area contributed by atoms with Gasteiger partial charge in [0.15, 0.2) is 12.4 Å². The average molecular weight is 478 g/mol. The molecule has 178 valence electrons. The Kier molecular flexibility index (Phi) is 7.46. The molecular weight excluding hydrogens is 460 g/mol. The number of ether oxygens (including phenoxy) is 1. The van der Waals surface area contributed by atoms with Crippen molar-refractivity contribution in [2.45, 2.75) is 0 Å². The van der Waals surface area contributed by atoms with E-state index in [1.807, 2.05) is 0 Å². The maximum absolute atomic E-state index is 13.0. The van der Waals surface area contributed by atoms with E-state index in [-0.39, 0.29) is 39.4 Å². The Bertz CT molecular complexity index is 1340. The van der Waals surface area contributed by atoms with Crippen LogP contribution in [0.4, 0.5) is 22.7 Å². The predicted molar refractivity (Wildman–Crippen MR) is 125 cm³/mol. The molecule has 35 heavy (non-hydrogen) atoms. The maximum Gasteiger partial charge on any atom is 0.339 e. The van der Waals surface area contributed by atoms with Gasteiger partial charge in [-0.15, -0.1) is 0 Å². The molecule has 3 rings (SSSR count). The summed E-state index contributed by atoms with van der Waals surface area (Å²) in [5, 5.41) is 27.3. The number of carbonyl (C=O) groups excluding carboxylic acids is 3. The Morgan fingerprint density at radius 2 is 1.46 bits per heavy atom. The van der Waals surface area contributed by atoms with Crippen LogP contribution < -0.4 is 10.6 Å². The van der Waals surface area contributed by atoms with Crippen LogP contribution in [0.25, 0.3) is 0 Å². The Hall–Kier alpha value is -5.13. The predicted octanol–water partition coefficient (Wildman–Crippen LogP) is 3.57. The second kappa shape index (κ2) is 10.7. The monoisotopic (exact) mass is 478 g/mol. The number of esters is 1. The van der Waals surface area contributed by atoms with E-state index < -0.39 is 34.1 Å². The first kappa shape index (κ1) is 24.5. The molecule has 0 aliphatic rings. The molecule has 0 atom stereocenters. The molecule has 0 aromatic heterocycles. The molecule has 3 aromatic carbocycles. The van der Waals surface area contributed by atoms with Crippen LogP contribution >= 0.6 is 0 Å². The van der Waals surface area contributed by atoms with Crippen molar-refractivity contribution in [3.05, 3.63) is 104 Å². The maximum atomic E-state index is 13.0. The zero-order chi connectivity index (χ0) is 25.5. The second-order valence-corrected chi connectivity index (χ2v) is 7.01. The summed E-state index contributed by atoms with van der Waals surface area (Å²) in [5.41, 5.74) is -0.763. The van der Waals surface area contributed by atoms with Gasteiger partial charge >= 0.3 is 5.97 Å². The quantitative estimate of drug-likeness (QED) is 0.202. The number of ketones is 1. The van der Waals surface area contributed by atoms with Gasteiger partial charge in [-0.05, 0) is 24.3 Å². The lowest BCUT2D eigenvalue weighted by Crippen LogP contribution is -2.22. The van der Waals surface area contributed by atoms with Crippen LogP contribution in [-0.4, -0.2) is 41.2 Å². The molecule has 0 fully saturated rings. The summed E-state index contributed by atoms with van der Waals surface area (Å²) in [6, 6.07) is 14.9. The third-order valence-electron chi connectivity index (χ3n) is 4.83. The van der Waals surface area contributed by atoms with Crippen molar-refractivity contribution in [2.24, 2.45) is 0 Å². The first-order valence-electron chi connectivity index (χ1n) is 10.0. The minimum atomic E-state index is -0.993. The molecule has 2 N–H and O–H groups in total. The van der Waals surface area contributed by atoms with Crippen LogP contribution in [0.3, 0.4) is 0 Å². The fourth-order valence-electron chi connectivity index (χ4n) is 3.18. The van der Waals surface area contributed by atoms with Gasteiger partial charge in [-0.2, -0.15) is 0 Å². The largest absolute Gasteiger partial charge is 0.452 e. The number of rotatable bonds is 9. The van der Waals surface area contributed by atoms with Gasteiger partial charge in [-0.1, -0.05) is 30.3 Å². The number of nitro groups is 2. The highest BCUT2D eigenvalue weighted by Crippen LogP contribution is 2.27. The lowest BCUT2D eigenvalue weighted by atomic mass is 9.97. The minimum Gasteiger partial charge on any atom is -0.452 e. The summed E-state index contributed by atoms with van der Waals surface area (Å²) < 4.78 is 5.00. The zero-order valence-electron chi connectivity index (χ0n) is 18.2. The summed E-state index contributed by atoms with van der Waals surface area (Å²) in [6.45, 7) is -0.768. The molecule has 0 saturated carbocycles. The molecule has 0 saturated heterocycles. The van der Waals surface area contributed by atoms with Crippen molar-refractivity contribution >= 4 is 40.4 Å². The van der Waals surface area contributed by atoms with Crippen LogP contribution in [0.2, 0.25) is 0 Å². The van der Waals surface area contributed by atoms with E-state index in [0.717, 1.165) is 6.07 Å². The van der Waals surface area contributed by atoms with E-state index in [2.05, 4.69) is 10.6 Å². The van der Waals surface area contributed by atoms with Crippen LogP contribution in [0, 0.1) is 20.2 Å². The third-order valence-corrected chi connectivity index (χ3v) is 4.83. The number of benzene rings is 3. The Morgan fingerprint density at radius 1 is 0.829 bits per heavy atom. The fourth-order valence-corrected chi connectivity index (χ4v) is 3.18. The number of nitrogens with zero attached hydrogens (tertiary/aromatic N) is 2. The van der Waals surface area contributed by atoms with E-state index >= 15 is 0 Å². The topological polar surface area (TPSA) is 171 Å². The first-order valence-corrected chi connectivity index (χ1v) is 10.0. The van der Waals surface area contributed by atoms with Gasteiger partial charge in [0.2, 0.25) is 0 Å². The number of hydrogen-bond donors (Lipinski definition) is 2. The number of carbonyl (C=O) groups is 3. The average Bonchev–Trinajstić information content (AvgIpc) is 2.86. The summed E-state index contributed by atoms with van der Waals surface area (Å²) in [6.07, 6.45) is 0. The highest BCUT2D eigenvalue weighted by molar-refractivity contribution is 6.15. The van der Waals surface area contributed by atoms with Gasteiger partial charge < -0.3 is 15.4 Å². The van der Waals surface area contributed by atoms with Crippen molar-refractivity contribution in [2.75, 3.05) is 24.3 Å². The van der Waals surface area contributed by atoms with Crippen LogP contribution in [0.1, 0.15) is 26.3 Å². The Balaban J connectivity index is 1.77. The number of nitro benzene ring substituents is 2. The normalized spacial score (nSPS) is 10.2. The number of anilines is 2. The SMILES string of the molecule is CNc1ccc(C(=O)c2ccccc2C(=O)OCC(=O)Nc2ccccc2[N+](=O)[O-])cc1[N+](=O)[O-]. The number of nitrogens with one attached hydrogen (secondary N) is 2. The van der Waals surface area contributed by atoms with Gasteiger partial charge in [-0.3, -0.25) is 29.8 Å².